The van der Waals surface area contributed by atoms with Gasteiger partial charge in [-0.05, 0) is 20.8 Å². The van der Waals surface area contributed by atoms with Crippen LogP contribution in [0.25, 0.3) is 0 Å². The summed E-state index contributed by atoms with van der Waals surface area (Å²) < 4.78 is 25.0. The maximum absolute atomic E-state index is 11.4. The lowest BCUT2D eigenvalue weighted by Gasteiger charge is -2.16. The average Bonchev–Trinajstić information content (AvgIpc) is 2.01. The van der Waals surface area contributed by atoms with Crippen molar-refractivity contribution in [2.45, 2.75) is 38.5 Å². The Labute approximate surface area is 89.3 Å². The van der Waals surface area contributed by atoms with E-state index in [1.807, 2.05) is 0 Å². The van der Waals surface area contributed by atoms with Gasteiger partial charge in [0.2, 0.25) is 15.9 Å². The van der Waals surface area contributed by atoms with Gasteiger partial charge in [0.05, 0.1) is 11.3 Å². The van der Waals surface area contributed by atoms with E-state index in [0.29, 0.717) is 0 Å². The maximum atomic E-state index is 11.4. The van der Waals surface area contributed by atoms with Gasteiger partial charge >= 0.3 is 0 Å². The number of carbonyl (C=O) groups is 2. The Bertz CT molecular complexity index is 348. The minimum atomic E-state index is -3.57. The van der Waals surface area contributed by atoms with Crippen molar-refractivity contribution in [3.05, 3.63) is 0 Å². The van der Waals surface area contributed by atoms with Gasteiger partial charge in [-0.2, -0.15) is 0 Å². The maximum Gasteiger partial charge on any atom is 0.219 e. The molecule has 0 aliphatic heterocycles. The predicted octanol–water partition coefficient (Wildman–Crippen LogP) is -0.853. The molecule has 0 aromatic heterocycles. The third kappa shape index (κ3) is 4.89. The van der Waals surface area contributed by atoms with Crippen molar-refractivity contribution in [2.24, 2.45) is 5.73 Å². The van der Waals surface area contributed by atoms with E-state index < -0.39 is 33.0 Å². The van der Waals surface area contributed by atoms with Crippen LogP contribution in [-0.2, 0) is 19.6 Å². The molecule has 88 valence electrons. The fourth-order valence-electron chi connectivity index (χ4n) is 0.804. The van der Waals surface area contributed by atoms with Crippen molar-refractivity contribution in [2.75, 3.05) is 0 Å². The SMILES string of the molecule is CC(=O)[C@H](CC(N)=O)NS(=O)(=O)C(C)C. The number of primary amides is 1. The molecular weight excluding hydrogens is 220 g/mol. The van der Waals surface area contributed by atoms with E-state index in [4.69, 9.17) is 5.73 Å². The fourth-order valence-corrected chi connectivity index (χ4v) is 1.72. The number of rotatable bonds is 6. The van der Waals surface area contributed by atoms with E-state index in [-0.39, 0.29) is 6.42 Å². The summed E-state index contributed by atoms with van der Waals surface area (Å²) in [6.07, 6.45) is -0.318. The second kappa shape index (κ2) is 5.22. The molecule has 1 amide bonds. The molecule has 0 saturated carbocycles. The van der Waals surface area contributed by atoms with E-state index in [1.165, 1.54) is 20.8 Å². The molecule has 0 fully saturated rings. The quantitative estimate of drug-likeness (QED) is 0.626. The molecule has 0 spiro atoms. The minimum absolute atomic E-state index is 0.318. The Balaban J connectivity index is 4.70. The smallest absolute Gasteiger partial charge is 0.219 e. The molecule has 0 rings (SSSR count). The molecule has 0 aromatic rings. The van der Waals surface area contributed by atoms with Crippen LogP contribution in [0.4, 0.5) is 0 Å². The van der Waals surface area contributed by atoms with E-state index in [1.54, 1.807) is 0 Å². The standard InChI is InChI=1S/C8H16N2O4S/c1-5(2)15(13,14)10-7(6(3)11)4-8(9)12/h5,7,10H,4H2,1-3H3,(H2,9,12)/t7-/m0/s1. The summed E-state index contributed by atoms with van der Waals surface area (Å²) in [6, 6.07) is -1.06. The lowest BCUT2D eigenvalue weighted by molar-refractivity contribution is -0.124. The largest absolute Gasteiger partial charge is 0.370 e. The van der Waals surface area contributed by atoms with Crippen LogP contribution >= 0.6 is 0 Å². The molecule has 3 N–H and O–H groups in total. The Morgan fingerprint density at radius 1 is 1.33 bits per heavy atom. The summed E-state index contributed by atoms with van der Waals surface area (Å²) in [6.45, 7) is 4.16. The number of hydrogen-bond donors (Lipinski definition) is 2. The number of Topliss-reactive ketones (excluding diaryl/α,β-unsaturated/α-hetero) is 1. The first kappa shape index (κ1) is 14.1. The molecule has 0 aromatic carbocycles. The van der Waals surface area contributed by atoms with Crippen molar-refractivity contribution in [1.82, 2.24) is 4.72 Å². The van der Waals surface area contributed by atoms with Gasteiger partial charge in [-0.15, -0.1) is 0 Å². The van der Waals surface area contributed by atoms with Gasteiger partial charge in [0, 0.05) is 6.42 Å². The second-order valence-electron chi connectivity index (χ2n) is 3.55. The molecule has 15 heavy (non-hydrogen) atoms. The van der Waals surface area contributed by atoms with Crippen LogP contribution < -0.4 is 10.5 Å². The normalized spacial score (nSPS) is 13.9. The summed E-state index contributed by atoms with van der Waals surface area (Å²) in [5.74, 6) is -1.15. The van der Waals surface area contributed by atoms with Gasteiger partial charge < -0.3 is 5.73 Å². The summed E-state index contributed by atoms with van der Waals surface area (Å²) >= 11 is 0. The Morgan fingerprint density at radius 2 is 1.80 bits per heavy atom. The van der Waals surface area contributed by atoms with Gasteiger partial charge in [0.1, 0.15) is 5.78 Å². The van der Waals surface area contributed by atoms with Crippen LogP contribution in [0.15, 0.2) is 0 Å². The molecule has 1 atom stereocenters. The first-order chi connectivity index (χ1) is 6.66. The third-order valence-corrected chi connectivity index (χ3v) is 3.68. The number of amides is 1. The molecular formula is C8H16N2O4S. The van der Waals surface area contributed by atoms with E-state index in [9.17, 15) is 18.0 Å². The van der Waals surface area contributed by atoms with Crippen LogP contribution in [0.5, 0.6) is 0 Å². The highest BCUT2D eigenvalue weighted by Gasteiger charge is 2.25. The highest BCUT2D eigenvalue weighted by molar-refractivity contribution is 7.90. The Hall–Kier alpha value is -0.950. The van der Waals surface area contributed by atoms with Gasteiger partial charge in [-0.25, -0.2) is 13.1 Å². The number of ketones is 1. The van der Waals surface area contributed by atoms with E-state index >= 15 is 0 Å². The number of sulfonamides is 1. The van der Waals surface area contributed by atoms with Crippen LogP contribution in [0.1, 0.15) is 27.2 Å². The van der Waals surface area contributed by atoms with Gasteiger partial charge in [0.25, 0.3) is 0 Å². The zero-order chi connectivity index (χ0) is 12.2. The van der Waals surface area contributed by atoms with Crippen molar-refractivity contribution < 1.29 is 18.0 Å². The molecule has 6 nitrogen and oxygen atoms in total. The Morgan fingerprint density at radius 3 is 2.07 bits per heavy atom. The molecule has 0 bridgehead atoms. The van der Waals surface area contributed by atoms with Crippen molar-refractivity contribution in [1.29, 1.82) is 0 Å². The van der Waals surface area contributed by atoms with Crippen molar-refractivity contribution in [3.63, 3.8) is 0 Å². The number of hydrogen-bond acceptors (Lipinski definition) is 4. The molecule has 0 radical (unpaired) electrons. The lowest BCUT2D eigenvalue weighted by Crippen LogP contribution is -2.44. The van der Waals surface area contributed by atoms with Gasteiger partial charge in [0.15, 0.2) is 0 Å². The summed E-state index contributed by atoms with van der Waals surface area (Å²) in [7, 11) is -3.57. The van der Waals surface area contributed by atoms with Gasteiger partial charge in [-0.3, -0.25) is 9.59 Å². The van der Waals surface area contributed by atoms with Crippen LogP contribution in [0, 0.1) is 0 Å². The second-order valence-corrected chi connectivity index (χ2v) is 5.81. The molecule has 0 aliphatic rings. The molecule has 7 heteroatoms. The van der Waals surface area contributed by atoms with E-state index in [2.05, 4.69) is 4.72 Å². The van der Waals surface area contributed by atoms with Crippen molar-refractivity contribution in [3.8, 4) is 0 Å². The van der Waals surface area contributed by atoms with Gasteiger partial charge in [-0.1, -0.05) is 0 Å². The summed E-state index contributed by atoms with van der Waals surface area (Å²) in [5, 5.41) is -0.660. The topological polar surface area (TPSA) is 106 Å². The first-order valence-electron chi connectivity index (χ1n) is 4.46. The minimum Gasteiger partial charge on any atom is -0.370 e. The molecule has 0 aliphatic carbocycles. The molecule has 0 heterocycles. The Kier molecular flexibility index (Phi) is 4.89. The molecule has 0 saturated heterocycles. The fraction of sp³-hybridized carbons (Fsp3) is 0.750. The first-order valence-corrected chi connectivity index (χ1v) is 6.01. The number of nitrogens with two attached hydrogens (primary N) is 1. The predicted molar refractivity (Wildman–Crippen MR) is 55.5 cm³/mol. The highest BCUT2D eigenvalue weighted by Crippen LogP contribution is 2.02. The molecule has 0 unspecified atom stereocenters. The average molecular weight is 236 g/mol. The number of carbonyl (C=O) groups excluding carboxylic acids is 2. The summed E-state index contributed by atoms with van der Waals surface area (Å²) in [5.41, 5.74) is 4.90. The van der Waals surface area contributed by atoms with Crippen LogP contribution in [-0.4, -0.2) is 31.4 Å². The third-order valence-electron chi connectivity index (χ3n) is 1.82. The zero-order valence-corrected chi connectivity index (χ0v) is 9.80. The van der Waals surface area contributed by atoms with E-state index in [0.717, 1.165) is 0 Å². The highest BCUT2D eigenvalue weighted by atomic mass is 32.2. The monoisotopic (exact) mass is 236 g/mol. The van der Waals surface area contributed by atoms with Crippen LogP contribution in [0.2, 0.25) is 0 Å². The zero-order valence-electron chi connectivity index (χ0n) is 8.98. The van der Waals surface area contributed by atoms with Crippen molar-refractivity contribution >= 4 is 21.7 Å². The number of nitrogens with one attached hydrogen (secondary N) is 1. The lowest BCUT2D eigenvalue weighted by atomic mass is 10.1. The summed E-state index contributed by atoms with van der Waals surface area (Å²) in [4.78, 5) is 21.7. The van der Waals surface area contributed by atoms with Crippen LogP contribution in [0.3, 0.4) is 0 Å².